The smallest absolute Gasteiger partial charge is 0.189 e. The van der Waals surface area contributed by atoms with E-state index in [9.17, 15) is 9.59 Å². The zero-order chi connectivity index (χ0) is 18.3. The highest BCUT2D eigenvalue weighted by Crippen LogP contribution is 2.32. The van der Waals surface area contributed by atoms with Gasteiger partial charge in [-0.25, -0.2) is 0 Å². The quantitative estimate of drug-likeness (QED) is 0.694. The summed E-state index contributed by atoms with van der Waals surface area (Å²) in [5.74, 6) is 0.157. The first kappa shape index (κ1) is 16.2. The van der Waals surface area contributed by atoms with E-state index in [0.29, 0.717) is 0 Å². The zero-order valence-electron chi connectivity index (χ0n) is 14.7. The number of carbonyl (C=O) groups excluding carboxylic acids is 2. The summed E-state index contributed by atoms with van der Waals surface area (Å²) in [5.41, 5.74) is 6.85. The van der Waals surface area contributed by atoms with Crippen molar-refractivity contribution in [2.45, 2.75) is 13.8 Å². The molecule has 2 nitrogen and oxygen atoms in total. The number of benzene rings is 2. The maximum absolute atomic E-state index is 12.4. The predicted molar refractivity (Wildman–Crippen MR) is 105 cm³/mol. The van der Waals surface area contributed by atoms with Gasteiger partial charge in [-0.15, -0.1) is 0 Å². The van der Waals surface area contributed by atoms with E-state index in [1.807, 2.05) is 86.7 Å². The Hall–Kier alpha value is -3.26. The van der Waals surface area contributed by atoms with Gasteiger partial charge in [0.05, 0.1) is 0 Å². The molecule has 26 heavy (non-hydrogen) atoms. The average Bonchev–Trinajstić information content (AvgIpc) is 2.67. The van der Waals surface area contributed by atoms with Gasteiger partial charge >= 0.3 is 0 Å². The molecule has 0 aromatic heterocycles. The van der Waals surface area contributed by atoms with E-state index < -0.39 is 0 Å². The summed E-state index contributed by atoms with van der Waals surface area (Å²) in [6.45, 7) is 3.69. The fraction of sp³-hybridized carbons (Fsp3) is 0.0833. The van der Waals surface area contributed by atoms with E-state index in [1.165, 1.54) is 0 Å². The van der Waals surface area contributed by atoms with E-state index in [0.717, 1.165) is 44.5 Å². The summed E-state index contributed by atoms with van der Waals surface area (Å²) in [7, 11) is 0. The van der Waals surface area contributed by atoms with Gasteiger partial charge < -0.3 is 0 Å². The van der Waals surface area contributed by atoms with Gasteiger partial charge in [-0.3, -0.25) is 9.59 Å². The van der Waals surface area contributed by atoms with Crippen molar-refractivity contribution in [2.24, 2.45) is 0 Å². The highest BCUT2D eigenvalue weighted by molar-refractivity contribution is 6.17. The third-order valence-electron chi connectivity index (χ3n) is 4.87. The van der Waals surface area contributed by atoms with E-state index in [4.69, 9.17) is 0 Å². The van der Waals surface area contributed by atoms with Crippen LogP contribution in [0.15, 0.2) is 84.0 Å². The Bertz CT molecular complexity index is 987. The molecule has 2 aromatic rings. The minimum Gasteiger partial charge on any atom is -0.289 e. The number of rotatable bonds is 1. The monoisotopic (exact) mass is 338 g/mol. The molecule has 2 aliphatic rings. The number of Topliss-reactive ketones (excluding diaryl/α,β-unsaturated/α-hetero) is 2. The lowest BCUT2D eigenvalue weighted by Gasteiger charge is -2.17. The first-order chi connectivity index (χ1) is 12.6. The van der Waals surface area contributed by atoms with E-state index in [-0.39, 0.29) is 11.6 Å². The van der Waals surface area contributed by atoms with Crippen molar-refractivity contribution in [1.29, 1.82) is 0 Å². The van der Waals surface area contributed by atoms with Crippen LogP contribution in [0.1, 0.15) is 45.7 Å². The average molecular weight is 338 g/mol. The van der Waals surface area contributed by atoms with Crippen LogP contribution in [0, 0.1) is 0 Å². The largest absolute Gasteiger partial charge is 0.289 e. The molecule has 0 unspecified atom stereocenters. The molecule has 2 aromatic carbocycles. The molecule has 0 radical (unpaired) electrons. The molecule has 0 saturated heterocycles. The lowest BCUT2D eigenvalue weighted by Crippen LogP contribution is -2.10. The van der Waals surface area contributed by atoms with Crippen molar-refractivity contribution >= 4 is 22.7 Å². The molecular weight excluding hydrogens is 320 g/mol. The highest BCUT2D eigenvalue weighted by atomic mass is 16.1. The van der Waals surface area contributed by atoms with Crippen LogP contribution < -0.4 is 0 Å². The van der Waals surface area contributed by atoms with Crippen LogP contribution >= 0.6 is 0 Å². The minimum atomic E-state index is 0.0785. The molecule has 2 aliphatic carbocycles. The molecule has 0 spiro atoms. The van der Waals surface area contributed by atoms with Gasteiger partial charge in [0, 0.05) is 11.1 Å². The molecule has 0 aliphatic heterocycles. The number of ketones is 2. The van der Waals surface area contributed by atoms with Gasteiger partial charge in [-0.1, -0.05) is 60.7 Å². The summed E-state index contributed by atoms with van der Waals surface area (Å²) < 4.78 is 0. The normalized spacial score (nSPS) is 19.2. The molecular formula is C24H18O2. The molecule has 0 amide bonds. The minimum absolute atomic E-state index is 0.0785. The SMILES string of the molecule is CC1=C/C(=C/C=C2\C=C(C)C(=O)c3ccccc32)c2ccccc2C1=O. The molecule has 0 atom stereocenters. The zero-order valence-corrected chi connectivity index (χ0v) is 14.7. The van der Waals surface area contributed by atoms with Crippen molar-refractivity contribution < 1.29 is 9.59 Å². The van der Waals surface area contributed by atoms with Gasteiger partial charge in [-0.05, 0) is 59.4 Å². The fourth-order valence-corrected chi connectivity index (χ4v) is 3.50. The second kappa shape index (κ2) is 6.23. The summed E-state index contributed by atoms with van der Waals surface area (Å²) >= 11 is 0. The Morgan fingerprint density at radius 2 is 0.923 bits per heavy atom. The second-order valence-electron chi connectivity index (χ2n) is 6.65. The topological polar surface area (TPSA) is 34.1 Å². The number of carbonyl (C=O) groups is 2. The summed E-state index contributed by atoms with van der Waals surface area (Å²) in [6, 6.07) is 15.4. The van der Waals surface area contributed by atoms with Crippen molar-refractivity contribution in [1.82, 2.24) is 0 Å². The van der Waals surface area contributed by atoms with Gasteiger partial charge in [0.15, 0.2) is 11.6 Å². The molecule has 0 fully saturated rings. The van der Waals surface area contributed by atoms with Crippen LogP contribution in [0.4, 0.5) is 0 Å². The lowest BCUT2D eigenvalue weighted by atomic mass is 9.85. The van der Waals surface area contributed by atoms with Gasteiger partial charge in [0.2, 0.25) is 0 Å². The lowest BCUT2D eigenvalue weighted by molar-refractivity contribution is 0.102. The van der Waals surface area contributed by atoms with E-state index >= 15 is 0 Å². The van der Waals surface area contributed by atoms with Crippen LogP contribution in [0.25, 0.3) is 11.1 Å². The summed E-state index contributed by atoms with van der Waals surface area (Å²) in [5, 5.41) is 0. The Kier molecular flexibility index (Phi) is 3.89. The molecule has 0 bridgehead atoms. The van der Waals surface area contributed by atoms with Gasteiger partial charge in [0.1, 0.15) is 0 Å². The van der Waals surface area contributed by atoms with Crippen molar-refractivity contribution in [3.05, 3.63) is 106 Å². The predicted octanol–water partition coefficient (Wildman–Crippen LogP) is 5.44. The third-order valence-corrected chi connectivity index (χ3v) is 4.87. The van der Waals surface area contributed by atoms with E-state index in [2.05, 4.69) is 0 Å². The van der Waals surface area contributed by atoms with Crippen molar-refractivity contribution in [3.63, 3.8) is 0 Å². The van der Waals surface area contributed by atoms with E-state index in [1.54, 1.807) is 0 Å². The number of allylic oxidation sites excluding steroid dienone is 8. The molecule has 0 heterocycles. The number of hydrogen-bond acceptors (Lipinski definition) is 2. The Labute approximate surface area is 152 Å². The maximum atomic E-state index is 12.4. The van der Waals surface area contributed by atoms with Crippen molar-refractivity contribution in [3.8, 4) is 0 Å². The fourth-order valence-electron chi connectivity index (χ4n) is 3.50. The van der Waals surface area contributed by atoms with Crippen LogP contribution in [0.3, 0.4) is 0 Å². The first-order valence-electron chi connectivity index (χ1n) is 8.63. The molecule has 126 valence electrons. The van der Waals surface area contributed by atoms with Crippen LogP contribution in [0.2, 0.25) is 0 Å². The Morgan fingerprint density at radius 1 is 0.577 bits per heavy atom. The molecule has 2 heteroatoms. The first-order valence-corrected chi connectivity index (χ1v) is 8.63. The summed E-state index contributed by atoms with van der Waals surface area (Å²) in [4.78, 5) is 24.7. The highest BCUT2D eigenvalue weighted by Gasteiger charge is 2.21. The van der Waals surface area contributed by atoms with Crippen molar-refractivity contribution in [2.75, 3.05) is 0 Å². The van der Waals surface area contributed by atoms with Crippen LogP contribution in [0.5, 0.6) is 0 Å². The molecule has 4 rings (SSSR count). The third kappa shape index (κ3) is 2.60. The second-order valence-corrected chi connectivity index (χ2v) is 6.65. The maximum Gasteiger partial charge on any atom is 0.189 e. The van der Waals surface area contributed by atoms with Gasteiger partial charge in [0.25, 0.3) is 0 Å². The molecule has 0 N–H and O–H groups in total. The Morgan fingerprint density at radius 3 is 1.31 bits per heavy atom. The Balaban J connectivity index is 1.85. The summed E-state index contributed by atoms with van der Waals surface area (Å²) in [6.07, 6.45) is 7.91. The standard InChI is InChI=1S/C24H18O2/c1-15-13-17(19-7-3-5-9-21(19)23(15)25)11-12-18-14-16(2)24(26)22-10-6-4-8-20(18)22/h3-14H,1-2H3/b17-11-,18-12+. The molecule has 0 saturated carbocycles. The van der Waals surface area contributed by atoms with Crippen LogP contribution in [-0.4, -0.2) is 11.6 Å². The van der Waals surface area contributed by atoms with Crippen LogP contribution in [-0.2, 0) is 0 Å². The number of hydrogen-bond donors (Lipinski definition) is 0. The van der Waals surface area contributed by atoms with Gasteiger partial charge in [-0.2, -0.15) is 0 Å². The number of fused-ring (bicyclic) bond motifs is 2.